The second-order valence-electron chi connectivity index (χ2n) is 20.8. The highest BCUT2D eigenvalue weighted by Gasteiger charge is 2.23. The number of ether oxygens (including phenoxy) is 3. The number of rotatable bonds is 20. The number of halogens is 3. The first-order valence-corrected chi connectivity index (χ1v) is 30.7. The molecule has 8 heterocycles. The predicted molar refractivity (Wildman–Crippen MR) is 369 cm³/mol. The monoisotopic (exact) mass is 1390 g/mol. The van der Waals surface area contributed by atoms with Crippen molar-refractivity contribution in [2.75, 3.05) is 64.3 Å². The molecule has 12 N–H and O–H groups in total. The normalized spacial score (nSPS) is 10.3. The molecule has 0 aliphatic heterocycles. The highest BCUT2D eigenvalue weighted by molar-refractivity contribution is 6.00. The Kier molecular flexibility index (Phi) is 29.3. The van der Waals surface area contributed by atoms with E-state index in [0.29, 0.717) is 80.2 Å². The van der Waals surface area contributed by atoms with Gasteiger partial charge in [0.25, 0.3) is 0 Å². The number of carbonyl (C=O) groups excluding carboxylic acids is 1. The number of benzene rings is 4. The highest BCUT2D eigenvalue weighted by atomic mass is 19.1. The number of hydrogen-bond acceptors (Lipinski definition) is 25. The zero-order valence-electron chi connectivity index (χ0n) is 54.8. The Morgan fingerprint density at radius 3 is 1.33 bits per heavy atom. The molecule has 4 aromatic carbocycles. The first kappa shape index (κ1) is 76.6. The van der Waals surface area contributed by atoms with E-state index in [1.807, 2.05) is 59.6 Å². The number of pyridine rings is 4. The molecule has 0 amide bonds. The summed E-state index contributed by atoms with van der Waals surface area (Å²) in [6, 6.07) is 39.1. The second kappa shape index (κ2) is 39.0. The minimum atomic E-state index is -1.27. The van der Waals surface area contributed by atoms with Gasteiger partial charge in [-0.3, -0.25) is 14.8 Å². The molecule has 524 valence electrons. The summed E-state index contributed by atoms with van der Waals surface area (Å²) in [4.78, 5) is 66.8. The molecular formula is C71H68F3N17O11. The maximum atomic E-state index is 13.6. The number of nitrogens with two attached hydrogens (primary N) is 3. The number of carboxylic acid groups (broad SMARTS) is 1. The fraction of sp³-hybridized carbons (Fsp3) is 0.183. The first-order valence-electron chi connectivity index (χ1n) is 30.7. The number of aliphatic hydroxyl groups excluding tert-OH is 5. The lowest BCUT2D eigenvalue weighted by Crippen LogP contribution is -2.13. The molecule has 0 aliphatic rings. The lowest BCUT2D eigenvalue weighted by Gasteiger charge is -2.13. The summed E-state index contributed by atoms with van der Waals surface area (Å²) in [6.07, 6.45) is 9.94. The van der Waals surface area contributed by atoms with Crippen molar-refractivity contribution < 1.29 is 67.6 Å². The smallest absolute Gasteiger partial charge is 0.358 e. The third kappa shape index (κ3) is 21.1. The predicted octanol–water partition coefficient (Wildman–Crippen LogP) is 7.42. The summed E-state index contributed by atoms with van der Waals surface area (Å²) in [5.41, 5.74) is 26.1. The Hall–Kier alpha value is -12.8. The van der Waals surface area contributed by atoms with Crippen molar-refractivity contribution in [3.05, 3.63) is 223 Å². The maximum absolute atomic E-state index is 13.6. The summed E-state index contributed by atoms with van der Waals surface area (Å²) in [7, 11) is 3.75. The Balaban J connectivity index is 0.000000196. The number of imidazole rings is 2. The Labute approximate surface area is 580 Å². The summed E-state index contributed by atoms with van der Waals surface area (Å²) in [5, 5.41) is 67.4. The number of aromatic nitrogens is 12. The number of anilines is 2. The van der Waals surface area contributed by atoms with Crippen LogP contribution in [0.15, 0.2) is 171 Å². The third-order valence-electron chi connectivity index (χ3n) is 13.9. The zero-order valence-corrected chi connectivity index (χ0v) is 54.8. The largest absolute Gasteiger partial charge is 0.489 e. The summed E-state index contributed by atoms with van der Waals surface area (Å²) in [6.45, 7) is 0.479. The van der Waals surface area contributed by atoms with E-state index in [-0.39, 0.29) is 118 Å². The number of nitrogens with zero attached hydrogens (tertiary/aromatic N) is 14. The number of carboxylic acids is 1. The molecule has 31 heteroatoms. The standard InChI is InChI=1S/C28H25FN6O3.C19H14FN5O2.C8H12N2O2.C8H8N2O2.C6H3FN2.C2H6O2/c1-35-16-32-20-9-6-18(15-22(20)35)26-25(17-4-7-19(29)8-5-17)34-28(30)27(33-26)23(37)11-10-21-24(38-14-13-36)3-2-12-31-21;1-25-9-22-13-7-4-11(8-14(13)25)16-15(10-2-5-12(20)6-3-10)24-18(21)17(23-16)19(26)27;2*9-6-7-8(12-5-4-11)2-1-3-10-7;7-5-2-1-3-9-6(5)4-8;3-1-2-4/h2-9,12,15-16,36H,10-11,13-14H2,1H3,(H2,30,34);2-9H,1H3,(H2,21,24)(H,26,27);1-3,11H,4-6,9H2;1-3,11H,4-5H2;1-3H;3-4H,1-2H2. The van der Waals surface area contributed by atoms with Gasteiger partial charge in [0.05, 0.1) is 102 Å². The van der Waals surface area contributed by atoms with E-state index in [1.54, 1.807) is 97.8 Å². The van der Waals surface area contributed by atoms with Gasteiger partial charge in [-0.15, -0.1) is 0 Å². The van der Waals surface area contributed by atoms with Crippen LogP contribution in [0, 0.1) is 40.1 Å². The van der Waals surface area contributed by atoms with Gasteiger partial charge in [0.1, 0.15) is 60.8 Å². The van der Waals surface area contributed by atoms with Crippen molar-refractivity contribution in [2.24, 2.45) is 19.8 Å². The number of aryl methyl sites for hydroxylation is 3. The van der Waals surface area contributed by atoms with Crippen molar-refractivity contribution in [3.63, 3.8) is 0 Å². The van der Waals surface area contributed by atoms with Gasteiger partial charge in [-0.05, 0) is 121 Å². The van der Waals surface area contributed by atoms with Crippen LogP contribution < -0.4 is 31.4 Å². The minimum absolute atomic E-state index is 0.00109. The van der Waals surface area contributed by atoms with Crippen LogP contribution >= 0.6 is 0 Å². The lowest BCUT2D eigenvalue weighted by molar-refractivity contribution is 0.0691. The zero-order chi connectivity index (χ0) is 73.5. The molecule has 8 aromatic heterocycles. The number of aliphatic hydroxyl groups is 5. The van der Waals surface area contributed by atoms with Crippen LogP contribution in [-0.2, 0) is 27.1 Å². The van der Waals surface area contributed by atoms with E-state index in [9.17, 15) is 27.9 Å². The topological polar surface area (TPSA) is 448 Å². The molecule has 0 radical (unpaired) electrons. The Morgan fingerprint density at radius 2 is 0.892 bits per heavy atom. The van der Waals surface area contributed by atoms with Gasteiger partial charge in [0, 0.05) is 80.5 Å². The van der Waals surface area contributed by atoms with E-state index >= 15 is 0 Å². The van der Waals surface area contributed by atoms with Crippen molar-refractivity contribution in [3.8, 4) is 74.4 Å². The average Bonchev–Trinajstić information content (AvgIpc) is 1.50. The number of hydrogen-bond donors (Lipinski definition) is 9. The maximum Gasteiger partial charge on any atom is 0.358 e. The van der Waals surface area contributed by atoms with Crippen molar-refractivity contribution in [2.45, 2.75) is 19.4 Å². The van der Waals surface area contributed by atoms with Gasteiger partial charge in [0.2, 0.25) is 0 Å². The van der Waals surface area contributed by atoms with Crippen LogP contribution in [-0.4, -0.2) is 154 Å². The van der Waals surface area contributed by atoms with E-state index in [2.05, 4.69) is 44.9 Å². The number of fused-ring (bicyclic) bond motifs is 2. The lowest BCUT2D eigenvalue weighted by atomic mass is 10.0. The second-order valence-corrected chi connectivity index (χ2v) is 20.8. The fourth-order valence-electron chi connectivity index (χ4n) is 9.15. The van der Waals surface area contributed by atoms with Gasteiger partial charge >= 0.3 is 5.97 Å². The van der Waals surface area contributed by atoms with Crippen molar-refractivity contribution in [1.29, 1.82) is 10.5 Å². The number of nitriles is 2. The summed E-state index contributed by atoms with van der Waals surface area (Å²) < 4.78 is 58.7. The molecule has 0 saturated heterocycles. The van der Waals surface area contributed by atoms with Crippen LogP contribution in [0.5, 0.6) is 17.2 Å². The van der Waals surface area contributed by atoms with E-state index in [4.69, 9.17) is 72.5 Å². The molecule has 0 fully saturated rings. The van der Waals surface area contributed by atoms with Gasteiger partial charge in [-0.2, -0.15) is 10.5 Å². The molecule has 0 atom stereocenters. The minimum Gasteiger partial charge on any atom is -0.489 e. The molecule has 28 nitrogen and oxygen atoms in total. The first-order chi connectivity index (χ1) is 49.4. The summed E-state index contributed by atoms with van der Waals surface area (Å²) >= 11 is 0. The van der Waals surface area contributed by atoms with Crippen LogP contribution in [0.25, 0.3) is 67.1 Å². The fourth-order valence-corrected chi connectivity index (χ4v) is 9.15. The van der Waals surface area contributed by atoms with Crippen molar-refractivity contribution in [1.82, 2.24) is 59.0 Å². The molecule has 0 aliphatic carbocycles. The molecule has 0 unspecified atom stereocenters. The number of Topliss-reactive ketones (excluding diaryl/α,β-unsaturated/α-hetero) is 1. The van der Waals surface area contributed by atoms with E-state index < -0.39 is 11.8 Å². The van der Waals surface area contributed by atoms with Crippen LogP contribution in [0.4, 0.5) is 24.8 Å². The van der Waals surface area contributed by atoms with Gasteiger partial charge in [-0.25, -0.2) is 57.8 Å². The molecule has 12 rings (SSSR count). The molecule has 12 aromatic rings. The van der Waals surface area contributed by atoms with Crippen LogP contribution in [0.1, 0.15) is 50.2 Å². The molecule has 0 bridgehead atoms. The van der Waals surface area contributed by atoms with Gasteiger partial charge < -0.3 is 71.2 Å². The average molecular weight is 1390 g/mol. The van der Waals surface area contributed by atoms with Crippen molar-refractivity contribution >= 4 is 45.5 Å². The molecule has 102 heavy (non-hydrogen) atoms. The molecule has 0 spiro atoms. The third-order valence-corrected chi connectivity index (χ3v) is 13.9. The SMILES string of the molecule is Cn1cnc2ccc(-c3nc(C(=O)CCc4ncccc4OCCO)c(N)nc3-c3ccc(F)cc3)cc21.Cn1cnc2ccc(-c3nc(C(=O)O)c(N)nc3-c3ccc(F)cc3)cc21.N#Cc1ncccc1F.N#Cc1ncccc1OCCO.NCc1ncccc1OCCO.OCCO. The summed E-state index contributed by atoms with van der Waals surface area (Å²) in [5.74, 6) is -1.57. The quantitative estimate of drug-likeness (QED) is 0.0335. The number of aromatic carboxylic acids is 1. The Bertz CT molecular complexity index is 4840. The van der Waals surface area contributed by atoms with Gasteiger partial charge in [-0.1, -0.05) is 12.1 Å². The molecule has 0 saturated carbocycles. The number of ketones is 1. The van der Waals surface area contributed by atoms with Crippen LogP contribution in [0.3, 0.4) is 0 Å². The number of carbonyl (C=O) groups is 2. The molecular weight excluding hydrogens is 1320 g/mol. The highest BCUT2D eigenvalue weighted by Crippen LogP contribution is 2.35. The number of nitrogen functional groups attached to an aromatic ring is 2. The van der Waals surface area contributed by atoms with Crippen LogP contribution in [0.2, 0.25) is 0 Å². The Morgan fingerprint density at radius 1 is 0.490 bits per heavy atom. The van der Waals surface area contributed by atoms with E-state index in [0.717, 1.165) is 22.1 Å². The van der Waals surface area contributed by atoms with E-state index in [1.165, 1.54) is 48.8 Å². The van der Waals surface area contributed by atoms with Gasteiger partial charge in [0.15, 0.2) is 46.1 Å².